The van der Waals surface area contributed by atoms with Crippen LogP contribution in [-0.4, -0.2) is 31.1 Å². The maximum absolute atomic E-state index is 13.6. The predicted octanol–water partition coefficient (Wildman–Crippen LogP) is 1.43. The van der Waals surface area contributed by atoms with Gasteiger partial charge in [0.05, 0.1) is 6.07 Å². The number of nitriles is 1. The van der Waals surface area contributed by atoms with Gasteiger partial charge in [0.2, 0.25) is 0 Å². The van der Waals surface area contributed by atoms with Gasteiger partial charge in [0.15, 0.2) is 11.6 Å². The van der Waals surface area contributed by atoms with Crippen molar-refractivity contribution >= 4 is 0 Å². The van der Waals surface area contributed by atoms with Crippen molar-refractivity contribution in [2.24, 2.45) is 0 Å². The quantitative estimate of drug-likeness (QED) is 0.845. The van der Waals surface area contributed by atoms with Gasteiger partial charge in [0, 0.05) is 31.7 Å². The molecule has 1 atom stereocenters. The topological polar surface area (TPSA) is 39.1 Å². The molecule has 0 spiro atoms. The third-order valence-corrected chi connectivity index (χ3v) is 2.92. The van der Waals surface area contributed by atoms with Crippen LogP contribution in [0.1, 0.15) is 11.6 Å². The molecule has 1 unspecified atom stereocenters. The largest absolute Gasteiger partial charge is 0.314 e. The first kappa shape index (κ1) is 12.0. The van der Waals surface area contributed by atoms with Crippen LogP contribution in [0, 0.1) is 23.0 Å². The second-order valence-electron chi connectivity index (χ2n) is 3.96. The molecule has 1 fully saturated rings. The number of piperazine rings is 1. The molecule has 0 aliphatic carbocycles. The van der Waals surface area contributed by atoms with E-state index in [0.717, 1.165) is 19.2 Å². The van der Waals surface area contributed by atoms with E-state index in [4.69, 9.17) is 5.26 Å². The molecule has 0 aromatic heterocycles. The van der Waals surface area contributed by atoms with E-state index in [0.29, 0.717) is 13.1 Å². The number of hydrogen-bond donors (Lipinski definition) is 1. The van der Waals surface area contributed by atoms with Crippen molar-refractivity contribution in [2.75, 3.05) is 26.2 Å². The molecular weight excluding hydrogens is 224 g/mol. The second kappa shape index (κ2) is 5.21. The Morgan fingerprint density at radius 3 is 2.65 bits per heavy atom. The fourth-order valence-corrected chi connectivity index (χ4v) is 2.02. The molecule has 17 heavy (non-hydrogen) atoms. The van der Waals surface area contributed by atoms with Gasteiger partial charge in [-0.3, -0.25) is 4.90 Å². The third-order valence-electron chi connectivity index (χ3n) is 2.92. The summed E-state index contributed by atoms with van der Waals surface area (Å²) in [5.41, 5.74) is 0.120. The molecular formula is C12H13F2N3. The Morgan fingerprint density at radius 1 is 1.29 bits per heavy atom. The summed E-state index contributed by atoms with van der Waals surface area (Å²) < 4.78 is 26.8. The van der Waals surface area contributed by atoms with Crippen molar-refractivity contribution in [3.05, 3.63) is 35.4 Å². The van der Waals surface area contributed by atoms with Crippen LogP contribution in [0.5, 0.6) is 0 Å². The molecule has 2 rings (SSSR count). The molecule has 1 aromatic rings. The lowest BCUT2D eigenvalue weighted by molar-refractivity contribution is 0.203. The second-order valence-corrected chi connectivity index (χ2v) is 3.96. The van der Waals surface area contributed by atoms with Crippen LogP contribution in [0.4, 0.5) is 8.78 Å². The summed E-state index contributed by atoms with van der Waals surface area (Å²) in [6, 6.07) is 5.29. The molecule has 5 heteroatoms. The lowest BCUT2D eigenvalue weighted by Crippen LogP contribution is -2.45. The average molecular weight is 237 g/mol. The molecule has 1 saturated heterocycles. The van der Waals surface area contributed by atoms with Crippen molar-refractivity contribution in [1.29, 1.82) is 5.26 Å². The Hall–Kier alpha value is -1.51. The van der Waals surface area contributed by atoms with Gasteiger partial charge in [0.1, 0.15) is 6.04 Å². The monoisotopic (exact) mass is 237 g/mol. The highest BCUT2D eigenvalue weighted by molar-refractivity contribution is 5.27. The standard InChI is InChI=1S/C12H13F2N3/c13-10-3-1-2-9(12(10)14)11(8-15)17-6-4-16-5-7-17/h1-3,11,16H,4-7H2. The van der Waals surface area contributed by atoms with Gasteiger partial charge < -0.3 is 5.32 Å². The van der Waals surface area contributed by atoms with E-state index in [1.807, 2.05) is 11.0 Å². The molecule has 90 valence electrons. The third kappa shape index (κ3) is 2.43. The molecule has 0 saturated carbocycles. The Kier molecular flexibility index (Phi) is 3.67. The van der Waals surface area contributed by atoms with Gasteiger partial charge in [-0.05, 0) is 6.07 Å². The van der Waals surface area contributed by atoms with E-state index < -0.39 is 17.7 Å². The minimum atomic E-state index is -0.919. The van der Waals surface area contributed by atoms with Gasteiger partial charge in [-0.2, -0.15) is 5.26 Å². The van der Waals surface area contributed by atoms with Gasteiger partial charge >= 0.3 is 0 Å². The van der Waals surface area contributed by atoms with E-state index in [-0.39, 0.29) is 5.56 Å². The number of hydrogen-bond acceptors (Lipinski definition) is 3. The molecule has 0 bridgehead atoms. The van der Waals surface area contributed by atoms with Crippen molar-refractivity contribution in [3.8, 4) is 6.07 Å². The molecule has 1 aliphatic heterocycles. The van der Waals surface area contributed by atoms with E-state index in [9.17, 15) is 8.78 Å². The minimum Gasteiger partial charge on any atom is -0.314 e. The Morgan fingerprint density at radius 2 is 2.00 bits per heavy atom. The van der Waals surface area contributed by atoms with Gasteiger partial charge in [0.25, 0.3) is 0 Å². The first-order chi connectivity index (χ1) is 8.24. The number of nitrogens with one attached hydrogen (secondary N) is 1. The number of halogens is 2. The number of nitrogens with zero attached hydrogens (tertiary/aromatic N) is 2. The normalized spacial score (nSPS) is 18.6. The van der Waals surface area contributed by atoms with Crippen LogP contribution in [0.2, 0.25) is 0 Å². The van der Waals surface area contributed by atoms with E-state index in [1.165, 1.54) is 12.1 Å². The summed E-state index contributed by atoms with van der Waals surface area (Å²) in [7, 11) is 0. The first-order valence-electron chi connectivity index (χ1n) is 5.52. The minimum absolute atomic E-state index is 0.120. The van der Waals surface area contributed by atoms with Crippen LogP contribution in [0.15, 0.2) is 18.2 Å². The average Bonchev–Trinajstić information content (AvgIpc) is 2.37. The molecule has 3 nitrogen and oxygen atoms in total. The fourth-order valence-electron chi connectivity index (χ4n) is 2.02. The summed E-state index contributed by atoms with van der Waals surface area (Å²) in [6.07, 6.45) is 0. The maximum atomic E-state index is 13.6. The molecule has 1 aliphatic rings. The molecule has 1 aromatic carbocycles. The zero-order valence-corrected chi connectivity index (χ0v) is 9.29. The molecule has 1 heterocycles. The summed E-state index contributed by atoms with van der Waals surface area (Å²) in [5.74, 6) is -1.82. The Balaban J connectivity index is 2.29. The van der Waals surface area contributed by atoms with Crippen LogP contribution < -0.4 is 5.32 Å². The van der Waals surface area contributed by atoms with Crippen LogP contribution in [0.25, 0.3) is 0 Å². The van der Waals surface area contributed by atoms with Crippen molar-refractivity contribution in [2.45, 2.75) is 6.04 Å². The Labute approximate surface area is 98.6 Å². The van der Waals surface area contributed by atoms with E-state index >= 15 is 0 Å². The highest BCUT2D eigenvalue weighted by atomic mass is 19.2. The van der Waals surface area contributed by atoms with Gasteiger partial charge in [-0.25, -0.2) is 8.78 Å². The SMILES string of the molecule is N#CC(c1cccc(F)c1F)N1CCNCC1. The van der Waals surface area contributed by atoms with E-state index in [1.54, 1.807) is 0 Å². The van der Waals surface area contributed by atoms with Crippen molar-refractivity contribution in [3.63, 3.8) is 0 Å². The molecule has 0 radical (unpaired) electrons. The summed E-state index contributed by atoms with van der Waals surface area (Å²) in [6.45, 7) is 2.84. The molecule has 0 amide bonds. The van der Waals surface area contributed by atoms with E-state index in [2.05, 4.69) is 5.32 Å². The zero-order chi connectivity index (χ0) is 12.3. The summed E-state index contributed by atoms with van der Waals surface area (Å²) >= 11 is 0. The fraction of sp³-hybridized carbons (Fsp3) is 0.417. The van der Waals surface area contributed by atoms with Crippen molar-refractivity contribution in [1.82, 2.24) is 10.2 Å². The predicted molar refractivity (Wildman–Crippen MR) is 59.2 cm³/mol. The zero-order valence-electron chi connectivity index (χ0n) is 9.29. The van der Waals surface area contributed by atoms with Crippen molar-refractivity contribution < 1.29 is 8.78 Å². The molecule has 1 N–H and O–H groups in total. The van der Waals surface area contributed by atoms with Crippen LogP contribution >= 0.6 is 0 Å². The van der Waals surface area contributed by atoms with Gasteiger partial charge in [-0.15, -0.1) is 0 Å². The smallest absolute Gasteiger partial charge is 0.164 e. The van der Waals surface area contributed by atoms with Crippen LogP contribution in [0.3, 0.4) is 0 Å². The maximum Gasteiger partial charge on any atom is 0.164 e. The lowest BCUT2D eigenvalue weighted by Gasteiger charge is -2.31. The summed E-state index contributed by atoms with van der Waals surface area (Å²) in [4.78, 5) is 1.86. The highest BCUT2D eigenvalue weighted by Crippen LogP contribution is 2.24. The van der Waals surface area contributed by atoms with Crippen LogP contribution in [-0.2, 0) is 0 Å². The number of benzene rings is 1. The highest BCUT2D eigenvalue weighted by Gasteiger charge is 2.25. The lowest BCUT2D eigenvalue weighted by atomic mass is 10.0. The van der Waals surface area contributed by atoms with Gasteiger partial charge in [-0.1, -0.05) is 12.1 Å². The first-order valence-corrected chi connectivity index (χ1v) is 5.52. The Bertz CT molecular complexity index is 436. The number of rotatable bonds is 2. The summed E-state index contributed by atoms with van der Waals surface area (Å²) in [5, 5.41) is 12.3.